The SMILES string of the molecule is COc1cc2nccc(Oc3ccc(NC(=S)NC(=O)Cc4ccccc4)cc3F)c2cc1C(=O)Nc1ccccc1C. The molecule has 0 saturated heterocycles. The van der Waals surface area contributed by atoms with Gasteiger partial charge in [-0.25, -0.2) is 4.39 Å². The molecule has 0 bridgehead atoms. The van der Waals surface area contributed by atoms with Gasteiger partial charge in [-0.15, -0.1) is 0 Å². The smallest absolute Gasteiger partial charge is 0.259 e. The molecule has 0 aliphatic heterocycles. The molecule has 43 heavy (non-hydrogen) atoms. The molecule has 3 N–H and O–H groups in total. The van der Waals surface area contributed by atoms with Gasteiger partial charge in [-0.2, -0.15) is 0 Å². The van der Waals surface area contributed by atoms with Gasteiger partial charge in [0.15, 0.2) is 16.7 Å². The van der Waals surface area contributed by atoms with Crippen molar-refractivity contribution in [3.8, 4) is 17.2 Å². The van der Waals surface area contributed by atoms with Crippen molar-refractivity contribution < 1.29 is 23.5 Å². The minimum atomic E-state index is -0.667. The number of hydrogen-bond acceptors (Lipinski definition) is 6. The van der Waals surface area contributed by atoms with Gasteiger partial charge in [-0.1, -0.05) is 48.5 Å². The quantitative estimate of drug-likeness (QED) is 0.170. The van der Waals surface area contributed by atoms with E-state index in [-0.39, 0.29) is 34.7 Å². The average molecular weight is 595 g/mol. The Morgan fingerprint density at radius 2 is 1.65 bits per heavy atom. The zero-order valence-electron chi connectivity index (χ0n) is 23.3. The lowest BCUT2D eigenvalue weighted by Gasteiger charge is -2.15. The summed E-state index contributed by atoms with van der Waals surface area (Å²) in [5.41, 5.74) is 3.51. The summed E-state index contributed by atoms with van der Waals surface area (Å²) in [5, 5.41) is 8.84. The van der Waals surface area contributed by atoms with Crippen LogP contribution in [-0.2, 0) is 11.2 Å². The highest BCUT2D eigenvalue weighted by Crippen LogP contribution is 2.35. The minimum absolute atomic E-state index is 0.0413. The molecule has 2 amide bonds. The first-order valence-electron chi connectivity index (χ1n) is 13.3. The summed E-state index contributed by atoms with van der Waals surface area (Å²) in [6, 6.07) is 25.7. The summed E-state index contributed by atoms with van der Waals surface area (Å²) in [4.78, 5) is 29.9. The van der Waals surface area contributed by atoms with Gasteiger partial charge in [0, 0.05) is 35.1 Å². The van der Waals surface area contributed by atoms with Crippen molar-refractivity contribution in [2.24, 2.45) is 0 Å². The van der Waals surface area contributed by atoms with Gasteiger partial charge in [0.1, 0.15) is 11.5 Å². The van der Waals surface area contributed by atoms with Crippen molar-refractivity contribution in [2.75, 3.05) is 17.7 Å². The van der Waals surface area contributed by atoms with Crippen LogP contribution in [0.25, 0.3) is 10.9 Å². The normalized spacial score (nSPS) is 10.6. The van der Waals surface area contributed by atoms with Gasteiger partial charge in [0.2, 0.25) is 5.91 Å². The molecular weight excluding hydrogens is 567 g/mol. The van der Waals surface area contributed by atoms with E-state index in [4.69, 9.17) is 21.7 Å². The molecule has 1 aromatic heterocycles. The molecule has 0 radical (unpaired) electrons. The topological polar surface area (TPSA) is 102 Å². The molecule has 10 heteroatoms. The van der Waals surface area contributed by atoms with E-state index >= 15 is 4.39 Å². The van der Waals surface area contributed by atoms with Crippen molar-refractivity contribution in [3.63, 3.8) is 0 Å². The molecule has 0 saturated carbocycles. The summed E-state index contributed by atoms with van der Waals surface area (Å²) in [7, 11) is 1.47. The number of rotatable bonds is 8. The molecule has 0 aliphatic carbocycles. The van der Waals surface area contributed by atoms with Crippen molar-refractivity contribution in [2.45, 2.75) is 13.3 Å². The standard InChI is InChI=1S/C33H27FN4O4S/c1-20-8-6-7-11-26(20)37-32(40)24-18-23-27(19-30(24)41-2)35-15-14-28(23)42-29-13-12-22(17-25(29)34)36-33(43)38-31(39)16-21-9-4-3-5-10-21/h3-15,17-19H,16H2,1-2H3,(H,37,40)(H2,36,38,39,43). The molecule has 0 spiro atoms. The minimum Gasteiger partial charge on any atom is -0.496 e. The Bertz CT molecular complexity index is 1830. The zero-order chi connectivity index (χ0) is 30.3. The average Bonchev–Trinajstić information content (AvgIpc) is 2.99. The molecule has 5 rings (SSSR count). The fourth-order valence-electron chi connectivity index (χ4n) is 4.38. The maximum absolute atomic E-state index is 15.1. The van der Waals surface area contributed by atoms with E-state index in [1.54, 1.807) is 24.3 Å². The fraction of sp³-hybridized carbons (Fsp3) is 0.0909. The van der Waals surface area contributed by atoms with E-state index in [0.29, 0.717) is 33.8 Å². The van der Waals surface area contributed by atoms with Gasteiger partial charge in [-0.05, 0) is 60.6 Å². The van der Waals surface area contributed by atoms with E-state index in [9.17, 15) is 9.59 Å². The van der Waals surface area contributed by atoms with E-state index in [1.807, 2.05) is 61.5 Å². The highest BCUT2D eigenvalue weighted by molar-refractivity contribution is 7.80. The predicted molar refractivity (Wildman–Crippen MR) is 168 cm³/mol. The Morgan fingerprint density at radius 1 is 0.884 bits per heavy atom. The van der Waals surface area contributed by atoms with Crippen molar-refractivity contribution in [3.05, 3.63) is 120 Å². The number of benzene rings is 4. The number of carbonyl (C=O) groups excluding carboxylic acids is 2. The second kappa shape index (κ2) is 13.1. The van der Waals surface area contributed by atoms with E-state index in [0.717, 1.165) is 11.1 Å². The maximum atomic E-state index is 15.1. The van der Waals surface area contributed by atoms with E-state index in [1.165, 1.54) is 25.4 Å². The number of halogens is 1. The maximum Gasteiger partial charge on any atom is 0.259 e. The van der Waals surface area contributed by atoms with Crippen LogP contribution >= 0.6 is 12.2 Å². The van der Waals surface area contributed by atoms with Crippen LogP contribution in [0.4, 0.5) is 15.8 Å². The van der Waals surface area contributed by atoms with Crippen LogP contribution in [0, 0.1) is 12.7 Å². The fourth-order valence-corrected chi connectivity index (χ4v) is 4.61. The third kappa shape index (κ3) is 7.11. The summed E-state index contributed by atoms with van der Waals surface area (Å²) >= 11 is 5.22. The van der Waals surface area contributed by atoms with Crippen LogP contribution in [0.1, 0.15) is 21.5 Å². The summed E-state index contributed by atoms with van der Waals surface area (Å²) in [6.07, 6.45) is 1.68. The van der Waals surface area contributed by atoms with Crippen LogP contribution in [0.3, 0.4) is 0 Å². The number of aryl methyl sites for hydroxylation is 1. The van der Waals surface area contributed by atoms with Gasteiger partial charge >= 0.3 is 0 Å². The number of carbonyl (C=O) groups is 2. The number of para-hydroxylation sites is 1. The molecule has 216 valence electrons. The van der Waals surface area contributed by atoms with Crippen molar-refractivity contribution >= 4 is 51.4 Å². The lowest BCUT2D eigenvalue weighted by atomic mass is 10.1. The van der Waals surface area contributed by atoms with Gasteiger partial charge < -0.3 is 25.4 Å². The number of nitrogens with one attached hydrogen (secondary N) is 3. The van der Waals surface area contributed by atoms with Crippen LogP contribution in [0.15, 0.2) is 97.2 Å². The Balaban J connectivity index is 1.32. The van der Waals surface area contributed by atoms with Gasteiger partial charge in [0.25, 0.3) is 5.91 Å². The Labute approximate surface area is 252 Å². The first-order chi connectivity index (χ1) is 20.8. The molecule has 0 atom stereocenters. The first-order valence-corrected chi connectivity index (χ1v) is 13.7. The number of ether oxygens (including phenoxy) is 2. The number of nitrogens with zero attached hydrogens (tertiary/aromatic N) is 1. The number of anilines is 2. The highest BCUT2D eigenvalue weighted by atomic mass is 32.1. The molecule has 0 unspecified atom stereocenters. The van der Waals surface area contributed by atoms with Crippen molar-refractivity contribution in [1.29, 1.82) is 0 Å². The molecular formula is C33H27FN4O4S. The number of aromatic nitrogens is 1. The van der Waals surface area contributed by atoms with E-state index in [2.05, 4.69) is 20.9 Å². The lowest BCUT2D eigenvalue weighted by molar-refractivity contribution is -0.119. The number of methoxy groups -OCH3 is 1. The number of fused-ring (bicyclic) bond motifs is 1. The number of amides is 2. The molecule has 0 fully saturated rings. The predicted octanol–water partition coefficient (Wildman–Crippen LogP) is 6.79. The van der Waals surface area contributed by atoms with Crippen molar-refractivity contribution in [1.82, 2.24) is 10.3 Å². The zero-order valence-corrected chi connectivity index (χ0v) is 24.1. The monoisotopic (exact) mass is 594 g/mol. The lowest BCUT2D eigenvalue weighted by Crippen LogP contribution is -2.35. The Morgan fingerprint density at radius 3 is 2.40 bits per heavy atom. The van der Waals surface area contributed by atoms with Crippen LogP contribution in [0.2, 0.25) is 0 Å². The molecule has 8 nitrogen and oxygen atoms in total. The van der Waals surface area contributed by atoms with Crippen LogP contribution in [0.5, 0.6) is 17.2 Å². The van der Waals surface area contributed by atoms with Gasteiger partial charge in [-0.3, -0.25) is 14.6 Å². The highest BCUT2D eigenvalue weighted by Gasteiger charge is 2.18. The van der Waals surface area contributed by atoms with E-state index < -0.39 is 5.82 Å². The third-order valence-electron chi connectivity index (χ3n) is 6.53. The summed E-state index contributed by atoms with van der Waals surface area (Å²) < 4.78 is 26.6. The Kier molecular flexibility index (Phi) is 8.88. The number of thiocarbonyl (C=S) groups is 1. The van der Waals surface area contributed by atoms with Gasteiger partial charge in [0.05, 0.1) is 24.6 Å². The summed E-state index contributed by atoms with van der Waals surface area (Å²) in [5.74, 6) is -0.774. The largest absolute Gasteiger partial charge is 0.496 e. The second-order valence-electron chi connectivity index (χ2n) is 9.56. The molecule has 5 aromatic rings. The molecule has 4 aromatic carbocycles. The number of pyridine rings is 1. The summed E-state index contributed by atoms with van der Waals surface area (Å²) in [6.45, 7) is 1.90. The number of hydrogen-bond donors (Lipinski definition) is 3. The van der Waals surface area contributed by atoms with Crippen LogP contribution < -0.4 is 25.4 Å². The second-order valence-corrected chi connectivity index (χ2v) is 9.97. The first kappa shape index (κ1) is 29.2. The van der Waals surface area contributed by atoms with Crippen LogP contribution in [-0.4, -0.2) is 29.0 Å². The molecule has 1 heterocycles. The molecule has 0 aliphatic rings. The third-order valence-corrected chi connectivity index (χ3v) is 6.73. The Hall–Kier alpha value is -5.35.